The second-order valence-corrected chi connectivity index (χ2v) is 5.94. The largest absolute Gasteiger partial charge is 0.480 e. The third-order valence-electron chi connectivity index (χ3n) is 2.79. The van der Waals surface area contributed by atoms with Crippen molar-refractivity contribution in [2.45, 2.75) is 26.8 Å². The summed E-state index contributed by atoms with van der Waals surface area (Å²) >= 11 is 5.72. The second kappa shape index (κ2) is 6.09. The van der Waals surface area contributed by atoms with Crippen LogP contribution in [0, 0.1) is 15.5 Å². The molecule has 8 heteroatoms. The lowest BCUT2D eigenvalue weighted by molar-refractivity contribution is -0.384. The van der Waals surface area contributed by atoms with Crippen LogP contribution in [0.1, 0.15) is 31.1 Å². The van der Waals surface area contributed by atoms with Crippen molar-refractivity contribution < 1.29 is 19.6 Å². The highest BCUT2D eigenvalue weighted by molar-refractivity contribution is 6.33. The molecule has 1 atom stereocenters. The van der Waals surface area contributed by atoms with Crippen molar-refractivity contribution in [1.82, 2.24) is 5.32 Å². The van der Waals surface area contributed by atoms with Gasteiger partial charge in [0.05, 0.1) is 4.92 Å². The van der Waals surface area contributed by atoms with Crippen molar-refractivity contribution in [1.29, 1.82) is 0 Å². The number of hydrogen-bond acceptors (Lipinski definition) is 4. The van der Waals surface area contributed by atoms with Crippen molar-refractivity contribution in [3.05, 3.63) is 38.9 Å². The minimum absolute atomic E-state index is 0.0566. The molecule has 114 valence electrons. The lowest BCUT2D eigenvalue weighted by Crippen LogP contribution is -2.49. The van der Waals surface area contributed by atoms with Gasteiger partial charge in [0.15, 0.2) is 0 Å². The Bertz CT molecular complexity index is 595. The number of halogens is 1. The second-order valence-electron chi connectivity index (χ2n) is 5.53. The molecule has 2 N–H and O–H groups in total. The first-order valence-corrected chi connectivity index (χ1v) is 6.39. The van der Waals surface area contributed by atoms with Gasteiger partial charge in [-0.3, -0.25) is 14.9 Å². The summed E-state index contributed by atoms with van der Waals surface area (Å²) < 4.78 is 0. The number of amides is 1. The first-order valence-electron chi connectivity index (χ1n) is 6.01. The Hall–Kier alpha value is -2.15. The maximum absolute atomic E-state index is 12.0. The molecule has 1 rings (SSSR count). The first kappa shape index (κ1) is 16.9. The van der Waals surface area contributed by atoms with Gasteiger partial charge in [-0.1, -0.05) is 32.4 Å². The molecule has 1 aromatic carbocycles. The molecular weight excluding hydrogens is 300 g/mol. The number of carbonyl (C=O) groups excluding carboxylic acids is 1. The molecule has 7 nitrogen and oxygen atoms in total. The van der Waals surface area contributed by atoms with Crippen LogP contribution < -0.4 is 5.32 Å². The normalized spacial score (nSPS) is 12.6. The molecule has 0 aliphatic heterocycles. The summed E-state index contributed by atoms with van der Waals surface area (Å²) in [6.45, 7) is 5.03. The number of carboxylic acid groups (broad SMARTS) is 1. The quantitative estimate of drug-likeness (QED) is 0.655. The summed E-state index contributed by atoms with van der Waals surface area (Å²) in [6.07, 6.45) is 0. The number of rotatable bonds is 4. The summed E-state index contributed by atoms with van der Waals surface area (Å²) in [7, 11) is 0. The van der Waals surface area contributed by atoms with E-state index in [9.17, 15) is 19.7 Å². The van der Waals surface area contributed by atoms with Crippen LogP contribution in [0.4, 0.5) is 5.69 Å². The van der Waals surface area contributed by atoms with Crippen molar-refractivity contribution >= 4 is 29.2 Å². The Morgan fingerprint density at radius 3 is 2.33 bits per heavy atom. The molecule has 0 aliphatic carbocycles. The van der Waals surface area contributed by atoms with Crippen molar-refractivity contribution in [2.75, 3.05) is 0 Å². The Labute approximate surface area is 126 Å². The predicted molar refractivity (Wildman–Crippen MR) is 76.5 cm³/mol. The molecule has 0 unspecified atom stereocenters. The molecular formula is C13H15ClN2O5. The number of nitrogens with zero attached hydrogens (tertiary/aromatic N) is 1. The van der Waals surface area contributed by atoms with E-state index >= 15 is 0 Å². The number of carboxylic acids is 1. The average Bonchev–Trinajstić information content (AvgIpc) is 2.33. The fraction of sp³-hybridized carbons (Fsp3) is 0.385. The van der Waals surface area contributed by atoms with Crippen LogP contribution in [-0.2, 0) is 4.79 Å². The molecule has 0 aromatic heterocycles. The highest BCUT2D eigenvalue weighted by Gasteiger charge is 2.33. The standard InChI is InChI=1S/C13H15ClN2O5/c1-13(2,3)10(12(18)19)15-11(17)7-4-5-9(16(20)21)8(14)6-7/h4-6,10H,1-3H3,(H,15,17)(H,18,19)/t10-/m0/s1. The summed E-state index contributed by atoms with van der Waals surface area (Å²) in [5.74, 6) is -1.82. The predicted octanol–water partition coefficient (Wildman–Crippen LogP) is 2.48. The topological polar surface area (TPSA) is 110 Å². The van der Waals surface area contributed by atoms with E-state index < -0.39 is 28.3 Å². The Morgan fingerprint density at radius 2 is 1.95 bits per heavy atom. The van der Waals surface area contributed by atoms with Crippen LogP contribution in [0.5, 0.6) is 0 Å². The number of carbonyl (C=O) groups is 2. The highest BCUT2D eigenvalue weighted by atomic mass is 35.5. The number of nitro groups is 1. The van der Waals surface area contributed by atoms with Crippen molar-refractivity contribution in [3.63, 3.8) is 0 Å². The van der Waals surface area contributed by atoms with Crippen LogP contribution in [0.2, 0.25) is 5.02 Å². The lowest BCUT2D eigenvalue weighted by atomic mass is 9.86. The molecule has 0 spiro atoms. The van der Waals surface area contributed by atoms with E-state index in [-0.39, 0.29) is 16.3 Å². The van der Waals surface area contributed by atoms with Gasteiger partial charge < -0.3 is 10.4 Å². The van der Waals surface area contributed by atoms with Crippen molar-refractivity contribution in [3.8, 4) is 0 Å². The fourth-order valence-corrected chi connectivity index (χ4v) is 1.91. The third-order valence-corrected chi connectivity index (χ3v) is 3.10. The number of hydrogen-bond donors (Lipinski definition) is 2. The minimum Gasteiger partial charge on any atom is -0.480 e. The number of nitrogens with one attached hydrogen (secondary N) is 1. The van der Waals surface area contributed by atoms with Gasteiger partial charge >= 0.3 is 5.97 Å². The van der Waals surface area contributed by atoms with Gasteiger partial charge in [-0.05, 0) is 17.5 Å². The Balaban J connectivity index is 3.02. The van der Waals surface area contributed by atoms with Crippen LogP contribution >= 0.6 is 11.6 Å². The molecule has 0 bridgehead atoms. The molecule has 0 fully saturated rings. The Morgan fingerprint density at radius 1 is 1.38 bits per heavy atom. The molecule has 0 saturated carbocycles. The number of aliphatic carboxylic acids is 1. The van der Waals surface area contributed by atoms with E-state index in [4.69, 9.17) is 16.7 Å². The van der Waals surface area contributed by atoms with Gasteiger partial charge in [-0.15, -0.1) is 0 Å². The molecule has 0 saturated heterocycles. The van der Waals surface area contributed by atoms with Gasteiger partial charge in [-0.25, -0.2) is 4.79 Å². The SMILES string of the molecule is CC(C)(C)[C@@H](NC(=O)c1ccc([N+](=O)[O-])c(Cl)c1)C(=O)O. The third kappa shape index (κ3) is 4.16. The van der Waals surface area contributed by atoms with E-state index in [1.165, 1.54) is 6.07 Å². The number of nitro benzene ring substituents is 1. The van der Waals surface area contributed by atoms with Crippen LogP contribution in [0.15, 0.2) is 18.2 Å². The molecule has 0 aliphatic rings. The molecule has 0 heterocycles. The average molecular weight is 315 g/mol. The monoisotopic (exact) mass is 314 g/mol. The molecule has 0 radical (unpaired) electrons. The van der Waals surface area contributed by atoms with Crippen LogP contribution in [-0.4, -0.2) is 27.9 Å². The van der Waals surface area contributed by atoms with Crippen LogP contribution in [0.25, 0.3) is 0 Å². The van der Waals surface area contributed by atoms with E-state index in [0.717, 1.165) is 12.1 Å². The van der Waals surface area contributed by atoms with E-state index in [0.29, 0.717) is 0 Å². The minimum atomic E-state index is -1.16. The molecule has 21 heavy (non-hydrogen) atoms. The summed E-state index contributed by atoms with van der Waals surface area (Å²) in [6, 6.07) is 2.36. The van der Waals surface area contributed by atoms with Crippen LogP contribution in [0.3, 0.4) is 0 Å². The fourth-order valence-electron chi connectivity index (χ4n) is 1.66. The summed E-state index contributed by atoms with van der Waals surface area (Å²) in [5, 5.41) is 22.0. The van der Waals surface area contributed by atoms with E-state index in [1.807, 2.05) is 0 Å². The highest BCUT2D eigenvalue weighted by Crippen LogP contribution is 2.25. The maximum atomic E-state index is 12.0. The Kier molecular flexibility index (Phi) is 4.90. The lowest BCUT2D eigenvalue weighted by Gasteiger charge is -2.27. The maximum Gasteiger partial charge on any atom is 0.326 e. The van der Waals surface area contributed by atoms with E-state index in [2.05, 4.69) is 5.32 Å². The zero-order valence-corrected chi connectivity index (χ0v) is 12.5. The van der Waals surface area contributed by atoms with Gasteiger partial charge in [0.25, 0.3) is 11.6 Å². The van der Waals surface area contributed by atoms with E-state index in [1.54, 1.807) is 20.8 Å². The van der Waals surface area contributed by atoms with Gasteiger partial charge in [0, 0.05) is 11.6 Å². The number of benzene rings is 1. The zero-order chi connectivity index (χ0) is 16.4. The smallest absolute Gasteiger partial charge is 0.326 e. The molecule has 1 aromatic rings. The molecule has 1 amide bonds. The first-order chi connectivity index (χ1) is 9.54. The van der Waals surface area contributed by atoms with Gasteiger partial charge in [-0.2, -0.15) is 0 Å². The van der Waals surface area contributed by atoms with Crippen molar-refractivity contribution in [2.24, 2.45) is 5.41 Å². The zero-order valence-electron chi connectivity index (χ0n) is 11.7. The van der Waals surface area contributed by atoms with Gasteiger partial charge in [0.1, 0.15) is 11.1 Å². The summed E-state index contributed by atoms with van der Waals surface area (Å²) in [5.41, 5.74) is -0.952. The van der Waals surface area contributed by atoms with Gasteiger partial charge in [0.2, 0.25) is 0 Å². The summed E-state index contributed by atoms with van der Waals surface area (Å²) in [4.78, 5) is 33.2.